The molecule has 0 spiro atoms. The molecule has 1 aliphatic heterocycles. The van der Waals surface area contributed by atoms with Gasteiger partial charge in [-0.15, -0.1) is 0 Å². The number of nitrogens with two attached hydrogens (primary N) is 2. The number of anilines is 1. The molecule has 1 aliphatic rings. The Morgan fingerprint density at radius 3 is 2.84 bits per heavy atom. The van der Waals surface area contributed by atoms with Crippen LogP contribution in [0.3, 0.4) is 0 Å². The van der Waals surface area contributed by atoms with Crippen LogP contribution in [0.2, 0.25) is 0 Å². The SMILES string of the molecule is Nc1ccc(C(N)CC2CCNC2=O)cc1[N+](=O)[O-]. The first-order valence-corrected chi connectivity index (χ1v) is 6.06. The van der Waals surface area contributed by atoms with Crippen LogP contribution < -0.4 is 16.8 Å². The fourth-order valence-electron chi connectivity index (χ4n) is 2.26. The normalized spacial score (nSPS) is 20.1. The monoisotopic (exact) mass is 264 g/mol. The van der Waals surface area contributed by atoms with Crippen LogP contribution in [0.5, 0.6) is 0 Å². The molecule has 19 heavy (non-hydrogen) atoms. The quantitative estimate of drug-likeness (QED) is 0.419. The lowest BCUT2D eigenvalue weighted by Gasteiger charge is -2.15. The topological polar surface area (TPSA) is 124 Å². The highest BCUT2D eigenvalue weighted by molar-refractivity contribution is 5.80. The third kappa shape index (κ3) is 2.82. The summed E-state index contributed by atoms with van der Waals surface area (Å²) < 4.78 is 0. The molecule has 1 amide bonds. The van der Waals surface area contributed by atoms with E-state index >= 15 is 0 Å². The lowest BCUT2D eigenvalue weighted by atomic mass is 9.94. The number of nitro groups is 1. The molecule has 2 atom stereocenters. The zero-order valence-corrected chi connectivity index (χ0v) is 10.3. The van der Waals surface area contributed by atoms with Gasteiger partial charge in [-0.1, -0.05) is 6.07 Å². The second kappa shape index (κ2) is 5.23. The Balaban J connectivity index is 2.14. The number of nitrogens with one attached hydrogen (secondary N) is 1. The van der Waals surface area contributed by atoms with E-state index in [9.17, 15) is 14.9 Å². The van der Waals surface area contributed by atoms with Gasteiger partial charge in [-0.3, -0.25) is 14.9 Å². The van der Waals surface area contributed by atoms with Crippen LogP contribution in [0.25, 0.3) is 0 Å². The second-order valence-electron chi connectivity index (χ2n) is 4.69. The molecule has 102 valence electrons. The summed E-state index contributed by atoms with van der Waals surface area (Å²) in [6.45, 7) is 0.665. The van der Waals surface area contributed by atoms with Gasteiger partial charge in [-0.25, -0.2) is 0 Å². The zero-order valence-electron chi connectivity index (χ0n) is 10.3. The van der Waals surface area contributed by atoms with Crippen LogP contribution in [-0.4, -0.2) is 17.4 Å². The smallest absolute Gasteiger partial charge is 0.292 e. The van der Waals surface area contributed by atoms with Crippen LogP contribution >= 0.6 is 0 Å². The van der Waals surface area contributed by atoms with E-state index in [1.807, 2.05) is 0 Å². The fraction of sp³-hybridized carbons (Fsp3) is 0.417. The van der Waals surface area contributed by atoms with E-state index in [0.717, 1.165) is 6.42 Å². The highest BCUT2D eigenvalue weighted by atomic mass is 16.6. The molecule has 2 rings (SSSR count). The average molecular weight is 264 g/mol. The van der Waals surface area contributed by atoms with Gasteiger partial charge in [0.15, 0.2) is 0 Å². The summed E-state index contributed by atoms with van der Waals surface area (Å²) in [4.78, 5) is 21.8. The molecule has 1 aromatic carbocycles. The summed E-state index contributed by atoms with van der Waals surface area (Å²) in [5.41, 5.74) is 12.1. The fourth-order valence-corrected chi connectivity index (χ4v) is 2.26. The number of nitrogens with zero attached hydrogens (tertiary/aromatic N) is 1. The predicted molar refractivity (Wildman–Crippen MR) is 70.2 cm³/mol. The lowest BCUT2D eigenvalue weighted by molar-refractivity contribution is -0.384. The third-order valence-electron chi connectivity index (χ3n) is 3.38. The maximum absolute atomic E-state index is 11.5. The van der Waals surface area contributed by atoms with Gasteiger partial charge < -0.3 is 16.8 Å². The van der Waals surface area contributed by atoms with Crippen molar-refractivity contribution >= 4 is 17.3 Å². The predicted octanol–water partition coefficient (Wildman–Crippen LogP) is 0.703. The first-order chi connectivity index (χ1) is 8.99. The summed E-state index contributed by atoms with van der Waals surface area (Å²) in [5, 5.41) is 13.6. The molecule has 0 saturated carbocycles. The number of rotatable bonds is 4. The maximum Gasteiger partial charge on any atom is 0.292 e. The van der Waals surface area contributed by atoms with Crippen molar-refractivity contribution in [3.63, 3.8) is 0 Å². The first kappa shape index (κ1) is 13.3. The second-order valence-corrected chi connectivity index (χ2v) is 4.69. The van der Waals surface area contributed by atoms with E-state index < -0.39 is 11.0 Å². The highest BCUT2D eigenvalue weighted by Gasteiger charge is 2.27. The number of hydrogen-bond acceptors (Lipinski definition) is 5. The molecule has 0 radical (unpaired) electrons. The van der Waals surface area contributed by atoms with Crippen molar-refractivity contribution in [3.8, 4) is 0 Å². The third-order valence-corrected chi connectivity index (χ3v) is 3.38. The van der Waals surface area contributed by atoms with Crippen molar-refractivity contribution in [2.75, 3.05) is 12.3 Å². The van der Waals surface area contributed by atoms with E-state index in [4.69, 9.17) is 11.5 Å². The summed E-state index contributed by atoms with van der Waals surface area (Å²) in [6.07, 6.45) is 1.23. The molecular weight excluding hydrogens is 248 g/mol. The molecule has 1 fully saturated rings. The Morgan fingerprint density at radius 1 is 1.53 bits per heavy atom. The van der Waals surface area contributed by atoms with Crippen molar-refractivity contribution < 1.29 is 9.72 Å². The molecular formula is C12H16N4O3. The van der Waals surface area contributed by atoms with Gasteiger partial charge in [-0.05, 0) is 24.5 Å². The Labute approximate surface area is 110 Å². The van der Waals surface area contributed by atoms with Crippen LogP contribution in [0, 0.1) is 16.0 Å². The number of carbonyl (C=O) groups excluding carboxylic acids is 1. The van der Waals surface area contributed by atoms with Crippen molar-refractivity contribution in [2.45, 2.75) is 18.9 Å². The van der Waals surface area contributed by atoms with Gasteiger partial charge in [0, 0.05) is 24.6 Å². The van der Waals surface area contributed by atoms with E-state index in [2.05, 4.69) is 5.32 Å². The zero-order chi connectivity index (χ0) is 14.0. The number of carbonyl (C=O) groups is 1. The Morgan fingerprint density at radius 2 is 2.26 bits per heavy atom. The molecule has 1 aromatic rings. The molecule has 2 unspecified atom stereocenters. The van der Waals surface area contributed by atoms with Crippen LogP contribution in [0.15, 0.2) is 18.2 Å². The van der Waals surface area contributed by atoms with Crippen LogP contribution in [0.4, 0.5) is 11.4 Å². The molecule has 0 aromatic heterocycles. The van der Waals surface area contributed by atoms with Gasteiger partial charge in [0.25, 0.3) is 5.69 Å². The van der Waals surface area contributed by atoms with Gasteiger partial charge >= 0.3 is 0 Å². The summed E-state index contributed by atoms with van der Waals surface area (Å²) in [7, 11) is 0. The molecule has 0 bridgehead atoms. The number of nitro benzene ring substituents is 1. The number of benzene rings is 1. The number of hydrogen-bond donors (Lipinski definition) is 3. The molecule has 7 nitrogen and oxygen atoms in total. The van der Waals surface area contributed by atoms with E-state index in [-0.39, 0.29) is 23.2 Å². The van der Waals surface area contributed by atoms with Crippen LogP contribution in [-0.2, 0) is 4.79 Å². The van der Waals surface area contributed by atoms with Gasteiger partial charge in [0.2, 0.25) is 5.91 Å². The molecule has 5 N–H and O–H groups in total. The van der Waals surface area contributed by atoms with Gasteiger partial charge in [0.05, 0.1) is 4.92 Å². The number of amides is 1. The van der Waals surface area contributed by atoms with Gasteiger partial charge in [0.1, 0.15) is 5.69 Å². The molecule has 0 aliphatic carbocycles. The lowest BCUT2D eigenvalue weighted by Crippen LogP contribution is -2.23. The average Bonchev–Trinajstić information content (AvgIpc) is 2.75. The van der Waals surface area contributed by atoms with E-state index in [1.165, 1.54) is 12.1 Å². The highest BCUT2D eigenvalue weighted by Crippen LogP contribution is 2.29. The summed E-state index contributed by atoms with van der Waals surface area (Å²) >= 11 is 0. The van der Waals surface area contributed by atoms with Crippen molar-refractivity contribution in [3.05, 3.63) is 33.9 Å². The van der Waals surface area contributed by atoms with Crippen molar-refractivity contribution in [1.82, 2.24) is 5.32 Å². The van der Waals surface area contributed by atoms with Crippen molar-refractivity contribution in [1.29, 1.82) is 0 Å². The van der Waals surface area contributed by atoms with E-state index in [0.29, 0.717) is 18.5 Å². The standard InChI is InChI=1S/C12H16N4O3/c13-9-2-1-7(6-11(9)16(18)19)10(14)5-8-3-4-15-12(8)17/h1-2,6,8,10H,3-5,13-14H2,(H,15,17). The number of nitrogen functional groups attached to an aromatic ring is 1. The van der Waals surface area contributed by atoms with Crippen LogP contribution in [0.1, 0.15) is 24.4 Å². The minimum absolute atomic E-state index is 0.000365. The molecule has 7 heteroatoms. The summed E-state index contributed by atoms with van der Waals surface area (Å²) in [5.74, 6) is -0.119. The molecule has 1 heterocycles. The van der Waals surface area contributed by atoms with E-state index in [1.54, 1.807) is 6.07 Å². The molecule has 1 saturated heterocycles. The summed E-state index contributed by atoms with van der Waals surface area (Å²) in [6, 6.07) is 4.11. The Kier molecular flexibility index (Phi) is 3.66. The Bertz CT molecular complexity index is 518. The minimum atomic E-state index is -0.534. The minimum Gasteiger partial charge on any atom is -0.393 e. The first-order valence-electron chi connectivity index (χ1n) is 6.06. The van der Waals surface area contributed by atoms with Crippen molar-refractivity contribution in [2.24, 2.45) is 11.7 Å². The largest absolute Gasteiger partial charge is 0.393 e. The Hall–Kier alpha value is -2.15. The maximum atomic E-state index is 11.5. The van der Waals surface area contributed by atoms with Gasteiger partial charge in [-0.2, -0.15) is 0 Å².